The molecular formula is C13H19N5O. The fraction of sp³-hybridized carbons (Fsp3) is 0.615. The van der Waals surface area contributed by atoms with Gasteiger partial charge in [0.1, 0.15) is 11.6 Å². The fourth-order valence-corrected chi connectivity index (χ4v) is 2.60. The van der Waals surface area contributed by atoms with E-state index < -0.39 is 0 Å². The van der Waals surface area contributed by atoms with E-state index in [0.29, 0.717) is 6.04 Å². The molecule has 1 saturated heterocycles. The molecule has 6 nitrogen and oxygen atoms in total. The summed E-state index contributed by atoms with van der Waals surface area (Å²) in [7, 11) is 1.91. The first-order chi connectivity index (χ1) is 9.20. The van der Waals surface area contributed by atoms with Gasteiger partial charge in [0.05, 0.1) is 30.8 Å². The summed E-state index contributed by atoms with van der Waals surface area (Å²) in [6.45, 7) is 6.50. The van der Waals surface area contributed by atoms with Crippen molar-refractivity contribution in [3.05, 3.63) is 12.0 Å². The Morgan fingerprint density at radius 3 is 3.05 bits per heavy atom. The number of hydrogen-bond acceptors (Lipinski definition) is 5. The number of anilines is 1. The Balaban J connectivity index is 2.12. The monoisotopic (exact) mass is 261 g/mol. The number of hydrogen-bond donors (Lipinski definition) is 0. The van der Waals surface area contributed by atoms with Crippen LogP contribution in [-0.4, -0.2) is 45.5 Å². The van der Waals surface area contributed by atoms with Crippen LogP contribution in [0.4, 0.5) is 5.82 Å². The topological polar surface area (TPSA) is 56.1 Å². The minimum absolute atomic E-state index is 0.381. The van der Waals surface area contributed by atoms with Gasteiger partial charge in [0.25, 0.3) is 0 Å². The van der Waals surface area contributed by atoms with E-state index in [1.54, 1.807) is 4.68 Å². The first kappa shape index (κ1) is 12.3. The first-order valence-electron chi connectivity index (χ1n) is 6.71. The maximum atomic E-state index is 5.57. The van der Waals surface area contributed by atoms with Gasteiger partial charge < -0.3 is 9.64 Å². The third-order valence-corrected chi connectivity index (χ3v) is 3.65. The van der Waals surface area contributed by atoms with Crippen molar-refractivity contribution in [2.75, 3.05) is 24.7 Å². The Morgan fingerprint density at radius 1 is 1.42 bits per heavy atom. The molecule has 0 radical (unpaired) electrons. The minimum Gasteiger partial charge on any atom is -0.377 e. The van der Waals surface area contributed by atoms with Crippen LogP contribution in [0.2, 0.25) is 0 Å². The van der Waals surface area contributed by atoms with Gasteiger partial charge in [0.2, 0.25) is 0 Å². The number of aryl methyl sites for hydroxylation is 2. The molecule has 0 spiro atoms. The maximum absolute atomic E-state index is 5.57. The van der Waals surface area contributed by atoms with Gasteiger partial charge in [-0.15, -0.1) is 0 Å². The van der Waals surface area contributed by atoms with Crippen molar-refractivity contribution < 1.29 is 4.74 Å². The number of rotatable bonds is 2. The maximum Gasteiger partial charge on any atom is 0.163 e. The second-order valence-corrected chi connectivity index (χ2v) is 4.93. The Morgan fingerprint density at radius 2 is 2.26 bits per heavy atom. The predicted octanol–water partition coefficient (Wildman–Crippen LogP) is 1.29. The van der Waals surface area contributed by atoms with Gasteiger partial charge in [-0.2, -0.15) is 5.10 Å². The van der Waals surface area contributed by atoms with Crippen molar-refractivity contribution in [1.29, 1.82) is 0 Å². The summed E-state index contributed by atoms with van der Waals surface area (Å²) in [6, 6.07) is 0.381. The average Bonchev–Trinajstić information content (AvgIpc) is 2.79. The Hall–Kier alpha value is -1.69. The molecule has 1 aliphatic rings. The largest absolute Gasteiger partial charge is 0.377 e. The zero-order chi connectivity index (χ0) is 13.4. The van der Waals surface area contributed by atoms with E-state index in [2.05, 4.69) is 26.9 Å². The average molecular weight is 261 g/mol. The SMILES string of the molecule is CCC1COCCN1c1nc(C)nc2c1cnn2C. The molecule has 2 aromatic rings. The van der Waals surface area contributed by atoms with Crippen molar-refractivity contribution in [2.45, 2.75) is 26.3 Å². The van der Waals surface area contributed by atoms with Crippen molar-refractivity contribution in [3.63, 3.8) is 0 Å². The van der Waals surface area contributed by atoms with Crippen LogP contribution in [0.3, 0.4) is 0 Å². The molecule has 0 saturated carbocycles. The van der Waals surface area contributed by atoms with Crippen LogP contribution in [0.15, 0.2) is 6.20 Å². The van der Waals surface area contributed by atoms with Crippen LogP contribution in [0, 0.1) is 6.92 Å². The summed E-state index contributed by atoms with van der Waals surface area (Å²) in [5.74, 6) is 1.78. The number of morpholine rings is 1. The van der Waals surface area contributed by atoms with Gasteiger partial charge in [0.15, 0.2) is 5.65 Å². The summed E-state index contributed by atoms with van der Waals surface area (Å²) in [6.07, 6.45) is 2.90. The summed E-state index contributed by atoms with van der Waals surface area (Å²) < 4.78 is 7.37. The molecule has 102 valence electrons. The lowest BCUT2D eigenvalue weighted by Gasteiger charge is -2.36. The minimum atomic E-state index is 0.381. The highest BCUT2D eigenvalue weighted by atomic mass is 16.5. The quantitative estimate of drug-likeness (QED) is 0.815. The van der Waals surface area contributed by atoms with Crippen LogP contribution in [0.25, 0.3) is 11.0 Å². The number of fused-ring (bicyclic) bond motifs is 1. The predicted molar refractivity (Wildman–Crippen MR) is 73.3 cm³/mol. The highest BCUT2D eigenvalue weighted by Gasteiger charge is 2.25. The van der Waals surface area contributed by atoms with E-state index in [1.165, 1.54) is 0 Å². The summed E-state index contributed by atoms with van der Waals surface area (Å²) in [5, 5.41) is 5.32. The summed E-state index contributed by atoms with van der Waals surface area (Å²) >= 11 is 0. The molecule has 0 bridgehead atoms. The normalized spacial score (nSPS) is 20.2. The third kappa shape index (κ3) is 2.06. The van der Waals surface area contributed by atoms with Crippen molar-refractivity contribution in [2.24, 2.45) is 7.05 Å². The van der Waals surface area contributed by atoms with Crippen LogP contribution in [0.5, 0.6) is 0 Å². The molecular weight excluding hydrogens is 242 g/mol. The van der Waals surface area contributed by atoms with Crippen LogP contribution in [0.1, 0.15) is 19.2 Å². The first-order valence-corrected chi connectivity index (χ1v) is 6.71. The Bertz CT molecular complexity index is 594. The molecule has 1 aliphatic heterocycles. The summed E-state index contributed by atoms with van der Waals surface area (Å²) in [4.78, 5) is 11.5. The molecule has 3 rings (SSSR count). The van der Waals surface area contributed by atoms with Gasteiger partial charge in [0, 0.05) is 13.6 Å². The molecule has 0 aliphatic carbocycles. The van der Waals surface area contributed by atoms with E-state index in [0.717, 1.165) is 48.9 Å². The van der Waals surface area contributed by atoms with E-state index in [4.69, 9.17) is 4.74 Å². The number of ether oxygens (including phenoxy) is 1. The van der Waals surface area contributed by atoms with Crippen molar-refractivity contribution >= 4 is 16.9 Å². The second kappa shape index (κ2) is 4.77. The lowest BCUT2D eigenvalue weighted by molar-refractivity contribution is 0.0927. The molecule has 19 heavy (non-hydrogen) atoms. The lowest BCUT2D eigenvalue weighted by Crippen LogP contribution is -2.45. The summed E-state index contributed by atoms with van der Waals surface area (Å²) in [5.41, 5.74) is 0.892. The van der Waals surface area contributed by atoms with Crippen LogP contribution >= 0.6 is 0 Å². The molecule has 3 heterocycles. The zero-order valence-corrected chi connectivity index (χ0v) is 11.6. The van der Waals surface area contributed by atoms with Gasteiger partial charge in [-0.05, 0) is 13.3 Å². The highest BCUT2D eigenvalue weighted by Crippen LogP contribution is 2.27. The van der Waals surface area contributed by atoms with E-state index in [1.807, 2.05) is 20.2 Å². The standard InChI is InChI=1S/C13H19N5O/c1-4-10-8-19-6-5-18(10)13-11-7-14-17(3)12(11)15-9(2)16-13/h7,10H,4-6,8H2,1-3H3. The lowest BCUT2D eigenvalue weighted by atomic mass is 10.1. The third-order valence-electron chi connectivity index (χ3n) is 3.65. The Kier molecular flexibility index (Phi) is 3.10. The number of nitrogens with zero attached hydrogens (tertiary/aromatic N) is 5. The molecule has 0 amide bonds. The highest BCUT2D eigenvalue weighted by molar-refractivity contribution is 5.87. The van der Waals surface area contributed by atoms with Crippen molar-refractivity contribution in [1.82, 2.24) is 19.7 Å². The molecule has 1 unspecified atom stereocenters. The van der Waals surface area contributed by atoms with Gasteiger partial charge >= 0.3 is 0 Å². The molecule has 0 N–H and O–H groups in total. The molecule has 1 fully saturated rings. The van der Waals surface area contributed by atoms with E-state index in [-0.39, 0.29) is 0 Å². The molecule has 0 aromatic carbocycles. The fourth-order valence-electron chi connectivity index (χ4n) is 2.60. The van der Waals surface area contributed by atoms with Gasteiger partial charge in [-0.3, -0.25) is 4.68 Å². The number of aromatic nitrogens is 4. The van der Waals surface area contributed by atoms with Crippen molar-refractivity contribution in [3.8, 4) is 0 Å². The Labute approximate surface area is 112 Å². The van der Waals surface area contributed by atoms with E-state index in [9.17, 15) is 0 Å². The van der Waals surface area contributed by atoms with E-state index >= 15 is 0 Å². The molecule has 2 aromatic heterocycles. The smallest absolute Gasteiger partial charge is 0.163 e. The molecule has 6 heteroatoms. The van der Waals surface area contributed by atoms with Gasteiger partial charge in [-0.1, -0.05) is 6.92 Å². The molecule has 1 atom stereocenters. The second-order valence-electron chi connectivity index (χ2n) is 4.93. The van der Waals surface area contributed by atoms with Gasteiger partial charge in [-0.25, -0.2) is 9.97 Å². The van der Waals surface area contributed by atoms with Crippen LogP contribution < -0.4 is 4.90 Å². The van der Waals surface area contributed by atoms with Crippen LogP contribution in [-0.2, 0) is 11.8 Å². The zero-order valence-electron chi connectivity index (χ0n) is 11.6.